The topological polar surface area (TPSA) is 40.6 Å². The Morgan fingerprint density at radius 3 is 2.21 bits per heavy atom. The molecule has 1 aliphatic heterocycles. The minimum absolute atomic E-state index is 0.274. The van der Waals surface area contributed by atoms with E-state index in [2.05, 4.69) is 36.1 Å². The summed E-state index contributed by atoms with van der Waals surface area (Å²) in [5, 5.41) is 2.01. The molecule has 4 nitrogen and oxygen atoms in total. The van der Waals surface area contributed by atoms with Crippen LogP contribution in [0, 0.1) is 13.8 Å². The highest BCUT2D eigenvalue weighted by atomic mass is 32.2. The molecule has 1 aromatic heterocycles. The fraction of sp³-hybridized carbons (Fsp3) is 0.111. The van der Waals surface area contributed by atoms with Crippen LogP contribution in [0.3, 0.4) is 0 Å². The van der Waals surface area contributed by atoms with E-state index in [1.54, 1.807) is 29.7 Å². The molecular weight excluding hydrogens is 448 g/mol. The summed E-state index contributed by atoms with van der Waals surface area (Å²) < 4.78 is 29.1. The monoisotopic (exact) mass is 472 g/mol. The highest BCUT2D eigenvalue weighted by Gasteiger charge is 2.38. The summed E-state index contributed by atoms with van der Waals surface area (Å²) in [7, 11) is -3.80. The normalized spacial score (nSPS) is 17.9. The summed E-state index contributed by atoms with van der Waals surface area (Å²) in [6.07, 6.45) is 11.5. The van der Waals surface area contributed by atoms with Crippen molar-refractivity contribution in [3.8, 4) is 0 Å². The van der Waals surface area contributed by atoms with Crippen LogP contribution in [-0.4, -0.2) is 18.8 Å². The van der Waals surface area contributed by atoms with Crippen LogP contribution in [-0.2, 0) is 10.0 Å². The molecule has 1 aliphatic carbocycles. The Labute approximate surface area is 199 Å². The molecule has 33 heavy (non-hydrogen) atoms. The molecule has 166 valence electrons. The Bertz CT molecular complexity index is 1380. The lowest BCUT2D eigenvalue weighted by atomic mass is 10.0. The quantitative estimate of drug-likeness (QED) is 0.450. The van der Waals surface area contributed by atoms with Gasteiger partial charge >= 0.3 is 0 Å². The van der Waals surface area contributed by atoms with Crippen molar-refractivity contribution in [1.29, 1.82) is 0 Å². The highest BCUT2D eigenvalue weighted by Crippen LogP contribution is 2.41. The summed E-state index contributed by atoms with van der Waals surface area (Å²) in [6, 6.07) is 19.1. The first-order valence-electron chi connectivity index (χ1n) is 10.7. The van der Waals surface area contributed by atoms with E-state index in [1.807, 2.05) is 66.9 Å². The lowest BCUT2D eigenvalue weighted by molar-refractivity contribution is 0.522. The maximum absolute atomic E-state index is 13.8. The number of hydrogen-bond acceptors (Lipinski definition) is 4. The molecular formula is C27H24N2O2S2. The molecule has 0 radical (unpaired) electrons. The molecule has 3 aromatic rings. The molecule has 0 saturated heterocycles. The van der Waals surface area contributed by atoms with Gasteiger partial charge in [-0.25, -0.2) is 12.7 Å². The second kappa shape index (κ2) is 8.54. The van der Waals surface area contributed by atoms with Crippen LogP contribution in [0.5, 0.6) is 0 Å². The van der Waals surface area contributed by atoms with Gasteiger partial charge in [-0.05, 0) is 55.6 Å². The summed E-state index contributed by atoms with van der Waals surface area (Å²) in [6.45, 7) is 4.01. The zero-order valence-electron chi connectivity index (χ0n) is 18.4. The number of hydrogen-bond donors (Lipinski definition) is 0. The number of aryl methyl sites for hydroxylation is 2. The van der Waals surface area contributed by atoms with Gasteiger partial charge in [0, 0.05) is 11.9 Å². The highest BCUT2D eigenvalue weighted by molar-refractivity contribution is 7.89. The van der Waals surface area contributed by atoms with E-state index >= 15 is 0 Å². The Morgan fingerprint density at radius 1 is 0.848 bits per heavy atom. The van der Waals surface area contributed by atoms with Gasteiger partial charge < -0.3 is 4.90 Å². The minimum atomic E-state index is -3.80. The van der Waals surface area contributed by atoms with Crippen molar-refractivity contribution in [3.05, 3.63) is 124 Å². The van der Waals surface area contributed by atoms with Crippen molar-refractivity contribution in [2.75, 3.05) is 4.90 Å². The second-order valence-electron chi connectivity index (χ2n) is 8.12. The number of fused-ring (bicyclic) bond motifs is 1. The summed E-state index contributed by atoms with van der Waals surface area (Å²) in [5.74, 6) is 0. The molecule has 6 heteroatoms. The molecule has 1 unspecified atom stereocenters. The zero-order valence-corrected chi connectivity index (χ0v) is 20.1. The fourth-order valence-electron chi connectivity index (χ4n) is 4.05. The van der Waals surface area contributed by atoms with Crippen LogP contribution in [0.2, 0.25) is 0 Å². The van der Waals surface area contributed by atoms with Crippen LogP contribution in [0.1, 0.15) is 16.0 Å². The van der Waals surface area contributed by atoms with Crippen molar-refractivity contribution < 1.29 is 8.42 Å². The average Bonchev–Trinajstić information content (AvgIpc) is 3.24. The van der Waals surface area contributed by atoms with Gasteiger partial charge in [-0.2, -0.15) is 0 Å². The predicted molar refractivity (Wildman–Crippen MR) is 136 cm³/mol. The van der Waals surface area contributed by atoms with Crippen LogP contribution in [0.15, 0.2) is 113 Å². The van der Waals surface area contributed by atoms with Crippen LogP contribution < -0.4 is 4.90 Å². The van der Waals surface area contributed by atoms with Gasteiger partial charge in [0.1, 0.15) is 0 Å². The molecule has 5 rings (SSSR count). The molecule has 0 spiro atoms. The molecule has 1 atom stereocenters. The Balaban J connectivity index is 1.74. The predicted octanol–water partition coefficient (Wildman–Crippen LogP) is 6.25. The molecule has 2 aromatic carbocycles. The maximum Gasteiger partial charge on any atom is 0.267 e. The SMILES string of the molecule is Cc1ccc(N2C(c3cccs3)=CN(S(=O)(=O)c3ccc(C)cc3)C3=CC=CC=CC32)cc1. The van der Waals surface area contributed by atoms with Gasteiger partial charge in [-0.1, -0.05) is 65.8 Å². The first-order chi connectivity index (χ1) is 15.9. The molecule has 2 heterocycles. The van der Waals surface area contributed by atoms with Crippen LogP contribution in [0.25, 0.3) is 5.70 Å². The van der Waals surface area contributed by atoms with Gasteiger partial charge in [0.05, 0.1) is 27.2 Å². The van der Waals surface area contributed by atoms with Gasteiger partial charge in [0.2, 0.25) is 0 Å². The number of allylic oxidation sites excluding steroid dienone is 4. The van der Waals surface area contributed by atoms with Gasteiger partial charge in [-0.15, -0.1) is 11.3 Å². The van der Waals surface area contributed by atoms with Crippen molar-refractivity contribution in [3.63, 3.8) is 0 Å². The third kappa shape index (κ3) is 3.96. The molecule has 0 saturated carbocycles. The molecule has 0 fully saturated rings. The standard InChI is InChI=1S/C27H24N2O2S2/c1-20-10-14-22(15-11-20)29-25-8-5-3-4-7-24(25)28(19-26(29)27-9-6-18-32-27)33(30,31)23-16-12-21(2)13-17-23/h3-19,25H,1-2H3. The van der Waals surface area contributed by atoms with Crippen LogP contribution >= 0.6 is 11.3 Å². The third-order valence-electron chi connectivity index (χ3n) is 5.78. The van der Waals surface area contributed by atoms with Gasteiger partial charge in [0.25, 0.3) is 10.0 Å². The van der Waals surface area contributed by atoms with Gasteiger partial charge in [0.15, 0.2) is 0 Å². The van der Waals surface area contributed by atoms with Crippen LogP contribution in [0.4, 0.5) is 5.69 Å². The summed E-state index contributed by atoms with van der Waals surface area (Å²) >= 11 is 1.60. The smallest absolute Gasteiger partial charge is 0.267 e. The minimum Gasteiger partial charge on any atom is -0.326 e. The van der Waals surface area contributed by atoms with E-state index in [9.17, 15) is 8.42 Å². The third-order valence-corrected chi connectivity index (χ3v) is 8.38. The molecule has 0 amide bonds. The van der Waals surface area contributed by atoms with E-state index in [4.69, 9.17) is 0 Å². The number of rotatable bonds is 4. The Morgan fingerprint density at radius 2 is 1.55 bits per heavy atom. The first-order valence-corrected chi connectivity index (χ1v) is 13.0. The molecule has 0 N–H and O–H groups in total. The summed E-state index contributed by atoms with van der Waals surface area (Å²) in [5.41, 5.74) is 4.73. The molecule has 2 aliphatic rings. The summed E-state index contributed by atoms with van der Waals surface area (Å²) in [4.78, 5) is 3.49. The van der Waals surface area contributed by atoms with Crippen molar-refractivity contribution in [1.82, 2.24) is 4.31 Å². The lowest BCUT2D eigenvalue weighted by Gasteiger charge is -2.42. The van der Waals surface area contributed by atoms with E-state index in [0.717, 1.165) is 21.8 Å². The van der Waals surface area contributed by atoms with E-state index in [-0.39, 0.29) is 10.9 Å². The van der Waals surface area contributed by atoms with E-state index in [1.165, 1.54) is 9.87 Å². The van der Waals surface area contributed by atoms with E-state index in [0.29, 0.717) is 5.70 Å². The number of thiophene rings is 1. The Hall–Kier alpha value is -3.35. The average molecular weight is 473 g/mol. The van der Waals surface area contributed by atoms with Gasteiger partial charge in [-0.3, -0.25) is 0 Å². The fourth-order valence-corrected chi connectivity index (χ4v) is 6.17. The lowest BCUT2D eigenvalue weighted by Crippen LogP contribution is -2.45. The number of nitrogens with zero attached hydrogens (tertiary/aromatic N) is 2. The number of anilines is 1. The maximum atomic E-state index is 13.8. The van der Waals surface area contributed by atoms with Crippen molar-refractivity contribution in [2.45, 2.75) is 24.8 Å². The molecule has 0 bridgehead atoms. The Kier molecular flexibility index (Phi) is 5.56. The second-order valence-corrected chi connectivity index (χ2v) is 10.9. The number of benzene rings is 2. The zero-order chi connectivity index (χ0) is 23.0. The van der Waals surface area contributed by atoms with Crippen molar-refractivity contribution in [2.24, 2.45) is 0 Å². The van der Waals surface area contributed by atoms with Crippen molar-refractivity contribution >= 4 is 32.7 Å². The number of sulfonamides is 1. The largest absolute Gasteiger partial charge is 0.326 e. The first kappa shape index (κ1) is 21.5. The van der Waals surface area contributed by atoms with E-state index < -0.39 is 10.0 Å².